The van der Waals surface area contributed by atoms with E-state index in [0.717, 1.165) is 17.8 Å². The van der Waals surface area contributed by atoms with Gasteiger partial charge in [-0.05, 0) is 49.4 Å². The van der Waals surface area contributed by atoms with Crippen LogP contribution in [0.2, 0.25) is 5.02 Å². The van der Waals surface area contributed by atoms with E-state index in [1.165, 1.54) is 18.2 Å². The molecule has 0 spiro atoms. The largest absolute Gasteiger partial charge is 0.454 e. The van der Waals surface area contributed by atoms with Crippen LogP contribution in [0.5, 0.6) is 11.5 Å². The zero-order valence-electron chi connectivity index (χ0n) is 17.4. The first-order valence-corrected chi connectivity index (χ1v) is 10.1. The molecular weight excluding hydrogens is 476 g/mol. The molecule has 1 heterocycles. The van der Waals surface area contributed by atoms with Gasteiger partial charge in [-0.3, -0.25) is 4.98 Å². The molecule has 34 heavy (non-hydrogen) atoms. The Kier molecular flexibility index (Phi) is 6.25. The topological polar surface area (TPSA) is 76.1 Å². The maximum absolute atomic E-state index is 14.6. The third kappa shape index (κ3) is 5.34. The first-order chi connectivity index (χ1) is 16.1. The number of nitrogens with one attached hydrogen (secondary N) is 2. The van der Waals surface area contributed by atoms with E-state index in [9.17, 15) is 22.4 Å². The minimum Gasteiger partial charge on any atom is -0.454 e. The van der Waals surface area contributed by atoms with Gasteiger partial charge < -0.3 is 15.4 Å². The summed E-state index contributed by atoms with van der Waals surface area (Å²) in [5.41, 5.74) is 0.805. The van der Waals surface area contributed by atoms with Gasteiger partial charge >= 0.3 is 12.2 Å². The number of carbonyl (C=O) groups is 1. The van der Waals surface area contributed by atoms with Crippen molar-refractivity contribution < 1.29 is 27.1 Å². The molecule has 0 unspecified atom stereocenters. The molecule has 2 amide bonds. The summed E-state index contributed by atoms with van der Waals surface area (Å²) < 4.78 is 59.1. The van der Waals surface area contributed by atoms with Crippen LogP contribution in [0.1, 0.15) is 11.3 Å². The molecule has 6 nitrogen and oxygen atoms in total. The fourth-order valence-corrected chi connectivity index (χ4v) is 3.27. The zero-order valence-corrected chi connectivity index (χ0v) is 18.1. The van der Waals surface area contributed by atoms with Gasteiger partial charge in [0.05, 0.1) is 27.3 Å². The number of halogens is 5. The third-order valence-electron chi connectivity index (χ3n) is 4.58. The van der Waals surface area contributed by atoms with Crippen LogP contribution in [-0.2, 0) is 6.18 Å². The maximum atomic E-state index is 14.6. The van der Waals surface area contributed by atoms with Crippen molar-refractivity contribution in [2.45, 2.75) is 13.1 Å². The van der Waals surface area contributed by atoms with E-state index in [-0.39, 0.29) is 17.1 Å². The Bertz CT molecular complexity index is 1400. The van der Waals surface area contributed by atoms with Crippen LogP contribution in [0, 0.1) is 12.7 Å². The van der Waals surface area contributed by atoms with E-state index in [2.05, 4.69) is 20.6 Å². The second-order valence-electron chi connectivity index (χ2n) is 7.18. The minimum atomic E-state index is -4.68. The standard InChI is InChI=1S/C23H15ClF4N4O2/c1-12-11-29-19-6-4-15(10-20(19)30-12)34-21-7-3-14(9-18(21)25)32-22(33)31-13-2-5-17(24)16(8-13)23(26,27)28/h2-11H,1H3,(H2,31,32,33). The molecular formula is C23H15ClF4N4O2. The van der Waals surface area contributed by atoms with Crippen molar-refractivity contribution in [2.75, 3.05) is 10.6 Å². The number of urea groups is 1. The van der Waals surface area contributed by atoms with Gasteiger partial charge in [-0.1, -0.05) is 11.6 Å². The summed E-state index contributed by atoms with van der Waals surface area (Å²) in [6, 6.07) is 10.7. The Hall–Kier alpha value is -3.92. The van der Waals surface area contributed by atoms with Crippen LogP contribution >= 0.6 is 11.6 Å². The smallest absolute Gasteiger partial charge is 0.417 e. The van der Waals surface area contributed by atoms with E-state index < -0.39 is 28.6 Å². The monoisotopic (exact) mass is 490 g/mol. The van der Waals surface area contributed by atoms with Crippen LogP contribution in [0.4, 0.5) is 33.7 Å². The molecule has 0 aliphatic rings. The predicted octanol–water partition coefficient (Wildman–Crippen LogP) is 7.19. The van der Waals surface area contributed by atoms with Crippen molar-refractivity contribution >= 4 is 40.0 Å². The molecule has 3 aromatic carbocycles. The second kappa shape index (κ2) is 9.14. The molecule has 0 bridgehead atoms. The van der Waals surface area contributed by atoms with Gasteiger partial charge in [0, 0.05) is 29.7 Å². The van der Waals surface area contributed by atoms with Crippen molar-refractivity contribution in [1.29, 1.82) is 0 Å². The van der Waals surface area contributed by atoms with Crippen molar-refractivity contribution in [2.24, 2.45) is 0 Å². The number of fused-ring (bicyclic) bond motifs is 1. The van der Waals surface area contributed by atoms with E-state index in [0.29, 0.717) is 22.8 Å². The highest BCUT2D eigenvalue weighted by Gasteiger charge is 2.33. The highest BCUT2D eigenvalue weighted by molar-refractivity contribution is 6.31. The molecule has 0 saturated heterocycles. The summed E-state index contributed by atoms with van der Waals surface area (Å²) in [6.07, 6.45) is -3.05. The average Bonchev–Trinajstić information content (AvgIpc) is 2.76. The van der Waals surface area contributed by atoms with Gasteiger partial charge in [0.15, 0.2) is 11.6 Å². The molecule has 0 radical (unpaired) electrons. The van der Waals surface area contributed by atoms with Gasteiger partial charge in [0.2, 0.25) is 0 Å². The lowest BCUT2D eigenvalue weighted by Crippen LogP contribution is -2.20. The highest BCUT2D eigenvalue weighted by Crippen LogP contribution is 2.36. The molecule has 174 valence electrons. The fourth-order valence-electron chi connectivity index (χ4n) is 3.05. The summed E-state index contributed by atoms with van der Waals surface area (Å²) >= 11 is 5.56. The lowest BCUT2D eigenvalue weighted by molar-refractivity contribution is -0.137. The van der Waals surface area contributed by atoms with Crippen molar-refractivity contribution in [3.05, 3.63) is 82.9 Å². The second-order valence-corrected chi connectivity index (χ2v) is 7.59. The lowest BCUT2D eigenvalue weighted by atomic mass is 10.2. The maximum Gasteiger partial charge on any atom is 0.417 e. The minimum absolute atomic E-state index is 0.0624. The quantitative estimate of drug-likeness (QED) is 0.297. The van der Waals surface area contributed by atoms with E-state index in [1.54, 1.807) is 31.3 Å². The number of alkyl halides is 3. The van der Waals surface area contributed by atoms with Crippen molar-refractivity contribution in [3.8, 4) is 11.5 Å². The normalized spacial score (nSPS) is 11.4. The summed E-state index contributed by atoms with van der Waals surface area (Å²) in [4.78, 5) is 20.7. The number of carbonyl (C=O) groups excluding carboxylic acids is 1. The van der Waals surface area contributed by atoms with Gasteiger partial charge in [-0.15, -0.1) is 0 Å². The number of amides is 2. The number of rotatable bonds is 4. The SMILES string of the molecule is Cc1cnc2ccc(Oc3ccc(NC(=O)Nc4ccc(Cl)c(C(F)(F)F)c4)cc3F)cc2n1. The van der Waals surface area contributed by atoms with E-state index in [4.69, 9.17) is 16.3 Å². The van der Waals surface area contributed by atoms with Crippen LogP contribution in [0.25, 0.3) is 11.0 Å². The fraction of sp³-hybridized carbons (Fsp3) is 0.0870. The van der Waals surface area contributed by atoms with Gasteiger partial charge in [0.25, 0.3) is 0 Å². The number of hydrogen-bond acceptors (Lipinski definition) is 4. The van der Waals surface area contributed by atoms with Crippen molar-refractivity contribution in [1.82, 2.24) is 9.97 Å². The van der Waals surface area contributed by atoms with Gasteiger partial charge in [0.1, 0.15) is 5.75 Å². The van der Waals surface area contributed by atoms with E-state index >= 15 is 0 Å². The number of nitrogens with zero attached hydrogens (tertiary/aromatic N) is 2. The number of anilines is 2. The first kappa shape index (κ1) is 23.2. The lowest BCUT2D eigenvalue weighted by Gasteiger charge is -2.13. The number of ether oxygens (including phenoxy) is 1. The molecule has 0 fully saturated rings. The molecule has 0 saturated carbocycles. The molecule has 2 N–H and O–H groups in total. The summed E-state index contributed by atoms with van der Waals surface area (Å²) in [7, 11) is 0. The summed E-state index contributed by atoms with van der Waals surface area (Å²) in [5, 5.41) is 4.10. The average molecular weight is 491 g/mol. The number of aromatic nitrogens is 2. The van der Waals surface area contributed by atoms with Crippen LogP contribution in [-0.4, -0.2) is 16.0 Å². The molecule has 0 atom stereocenters. The van der Waals surface area contributed by atoms with Crippen molar-refractivity contribution in [3.63, 3.8) is 0 Å². The Balaban J connectivity index is 1.45. The number of benzene rings is 3. The highest BCUT2D eigenvalue weighted by atomic mass is 35.5. The summed E-state index contributed by atoms with van der Waals surface area (Å²) in [6.45, 7) is 1.80. The Morgan fingerprint density at radius 3 is 2.38 bits per heavy atom. The predicted molar refractivity (Wildman–Crippen MR) is 120 cm³/mol. The summed E-state index contributed by atoms with van der Waals surface area (Å²) in [5.74, 6) is -0.523. The number of aryl methyl sites for hydroxylation is 1. The first-order valence-electron chi connectivity index (χ1n) is 9.74. The molecule has 11 heteroatoms. The molecule has 4 aromatic rings. The molecule has 4 rings (SSSR count). The zero-order chi connectivity index (χ0) is 24.5. The molecule has 0 aliphatic carbocycles. The van der Waals surface area contributed by atoms with Crippen LogP contribution in [0.3, 0.4) is 0 Å². The van der Waals surface area contributed by atoms with Crippen LogP contribution in [0.15, 0.2) is 60.8 Å². The van der Waals surface area contributed by atoms with Gasteiger partial charge in [-0.25, -0.2) is 14.2 Å². The third-order valence-corrected chi connectivity index (χ3v) is 4.91. The Labute approximate surface area is 195 Å². The number of hydrogen-bond donors (Lipinski definition) is 2. The Morgan fingerprint density at radius 1 is 0.971 bits per heavy atom. The van der Waals surface area contributed by atoms with E-state index in [1.807, 2.05) is 0 Å². The van der Waals surface area contributed by atoms with Crippen LogP contribution < -0.4 is 15.4 Å². The molecule has 0 aliphatic heterocycles. The molecule has 1 aromatic heterocycles. The Morgan fingerprint density at radius 2 is 1.68 bits per heavy atom. The van der Waals surface area contributed by atoms with Gasteiger partial charge in [-0.2, -0.15) is 13.2 Å².